The normalized spacial score (nSPS) is 11.8. The van der Waals surface area contributed by atoms with Crippen molar-refractivity contribution in [2.75, 3.05) is 0 Å². The van der Waals surface area contributed by atoms with Gasteiger partial charge in [0.15, 0.2) is 0 Å². The molecule has 0 aliphatic rings. The van der Waals surface area contributed by atoms with Crippen molar-refractivity contribution in [3.8, 4) is 0 Å². The Morgan fingerprint density at radius 1 is 1.50 bits per heavy atom. The molecule has 66 valence electrons. The number of halogens is 3. The smallest absolute Gasteiger partial charge is 0.260 e. The molecule has 0 fully saturated rings. The molecule has 0 bridgehead atoms. The highest BCUT2D eigenvalue weighted by atomic mass is 35.5. The standard InChI is InChI=1S/C8H8ClF2N/c1-5-7(9)3-6(4-12-5)8(2,10)11/h3-4H,1-2H3. The van der Waals surface area contributed by atoms with Crippen LogP contribution in [0.3, 0.4) is 0 Å². The van der Waals surface area contributed by atoms with Crippen LogP contribution in [0.5, 0.6) is 0 Å². The van der Waals surface area contributed by atoms with Gasteiger partial charge in [-0.25, -0.2) is 8.78 Å². The van der Waals surface area contributed by atoms with Crippen molar-refractivity contribution in [2.45, 2.75) is 19.8 Å². The van der Waals surface area contributed by atoms with Gasteiger partial charge in [-0.3, -0.25) is 4.98 Å². The molecule has 1 aromatic rings. The Morgan fingerprint density at radius 2 is 2.08 bits per heavy atom. The molecule has 0 amide bonds. The summed E-state index contributed by atoms with van der Waals surface area (Å²) in [4.78, 5) is 3.73. The summed E-state index contributed by atoms with van der Waals surface area (Å²) in [5.41, 5.74) is 0.405. The summed E-state index contributed by atoms with van der Waals surface area (Å²) in [5.74, 6) is -2.87. The Balaban J connectivity index is 3.14. The Kier molecular flexibility index (Phi) is 2.33. The second kappa shape index (κ2) is 2.98. The molecule has 0 saturated heterocycles. The van der Waals surface area contributed by atoms with Gasteiger partial charge in [0.25, 0.3) is 5.92 Å². The fourth-order valence-corrected chi connectivity index (χ4v) is 0.913. The topological polar surface area (TPSA) is 12.9 Å². The molecule has 0 saturated carbocycles. The molecule has 1 nitrogen and oxygen atoms in total. The van der Waals surface area contributed by atoms with Crippen molar-refractivity contribution >= 4 is 11.6 Å². The van der Waals surface area contributed by atoms with Crippen LogP contribution in [0, 0.1) is 6.92 Å². The molecular weight excluding hydrogens is 184 g/mol. The molecule has 0 atom stereocenters. The third-order valence-corrected chi connectivity index (χ3v) is 1.91. The Hall–Kier alpha value is -0.700. The van der Waals surface area contributed by atoms with Crippen LogP contribution in [-0.2, 0) is 5.92 Å². The average molecular weight is 192 g/mol. The predicted octanol–water partition coefficient (Wildman–Crippen LogP) is 3.16. The molecule has 1 aromatic heterocycles. The third kappa shape index (κ3) is 1.91. The average Bonchev–Trinajstić information content (AvgIpc) is 1.92. The summed E-state index contributed by atoms with van der Waals surface area (Å²) in [6.45, 7) is 2.48. The molecule has 1 rings (SSSR count). The summed E-state index contributed by atoms with van der Waals surface area (Å²) in [6, 6.07) is 1.24. The fraction of sp³-hybridized carbons (Fsp3) is 0.375. The molecule has 4 heteroatoms. The van der Waals surface area contributed by atoms with Crippen LogP contribution in [0.2, 0.25) is 5.02 Å². The van der Waals surface area contributed by atoms with Crippen LogP contribution in [0.15, 0.2) is 12.3 Å². The highest BCUT2D eigenvalue weighted by Crippen LogP contribution is 2.28. The number of hydrogen-bond acceptors (Lipinski definition) is 1. The molecule has 1 heterocycles. The fourth-order valence-electron chi connectivity index (χ4n) is 0.746. The van der Waals surface area contributed by atoms with Gasteiger partial charge in [0.05, 0.1) is 10.7 Å². The summed E-state index contributed by atoms with van der Waals surface area (Å²) < 4.78 is 25.3. The molecular formula is C8H8ClF2N. The summed E-state index contributed by atoms with van der Waals surface area (Å²) in [7, 11) is 0. The van der Waals surface area contributed by atoms with E-state index < -0.39 is 5.92 Å². The first-order chi connectivity index (χ1) is 5.41. The van der Waals surface area contributed by atoms with E-state index in [0.717, 1.165) is 13.1 Å². The lowest BCUT2D eigenvalue weighted by Crippen LogP contribution is -2.07. The largest absolute Gasteiger partial charge is 0.272 e. The van der Waals surface area contributed by atoms with Gasteiger partial charge in [-0.15, -0.1) is 0 Å². The van der Waals surface area contributed by atoms with E-state index in [0.29, 0.717) is 5.69 Å². The van der Waals surface area contributed by atoms with Crippen LogP contribution in [0.4, 0.5) is 8.78 Å². The number of pyridine rings is 1. The van der Waals surface area contributed by atoms with E-state index in [1.54, 1.807) is 6.92 Å². The van der Waals surface area contributed by atoms with Crippen molar-refractivity contribution in [3.63, 3.8) is 0 Å². The van der Waals surface area contributed by atoms with Crippen LogP contribution in [0.25, 0.3) is 0 Å². The van der Waals surface area contributed by atoms with Gasteiger partial charge in [-0.05, 0) is 13.0 Å². The second-order valence-corrected chi connectivity index (χ2v) is 3.09. The van der Waals surface area contributed by atoms with E-state index >= 15 is 0 Å². The third-order valence-electron chi connectivity index (χ3n) is 1.53. The molecule has 0 N–H and O–H groups in total. The Labute approximate surface area is 74.4 Å². The summed E-state index contributed by atoms with van der Waals surface area (Å²) >= 11 is 5.62. The monoisotopic (exact) mass is 191 g/mol. The Bertz CT molecular complexity index is 294. The van der Waals surface area contributed by atoms with Crippen molar-refractivity contribution in [1.82, 2.24) is 4.98 Å². The number of hydrogen-bond donors (Lipinski definition) is 0. The number of alkyl halides is 2. The highest BCUT2D eigenvalue weighted by molar-refractivity contribution is 6.31. The molecule has 0 radical (unpaired) electrons. The first-order valence-electron chi connectivity index (χ1n) is 3.41. The first kappa shape index (κ1) is 9.39. The van der Waals surface area contributed by atoms with E-state index in [9.17, 15) is 8.78 Å². The van der Waals surface area contributed by atoms with Crippen molar-refractivity contribution in [2.24, 2.45) is 0 Å². The van der Waals surface area contributed by atoms with Crippen LogP contribution >= 0.6 is 11.6 Å². The summed E-state index contributed by atoms with van der Waals surface area (Å²) in [6.07, 6.45) is 1.14. The lowest BCUT2D eigenvalue weighted by Gasteiger charge is -2.10. The molecule has 0 aliphatic carbocycles. The number of aryl methyl sites for hydroxylation is 1. The van der Waals surface area contributed by atoms with Gasteiger partial charge in [0.2, 0.25) is 0 Å². The summed E-state index contributed by atoms with van der Waals surface area (Å²) in [5, 5.41) is 0.272. The van der Waals surface area contributed by atoms with Crippen LogP contribution in [-0.4, -0.2) is 4.98 Å². The number of nitrogens with zero attached hydrogens (tertiary/aromatic N) is 1. The van der Waals surface area contributed by atoms with E-state index in [1.807, 2.05) is 0 Å². The molecule has 0 aliphatic heterocycles. The zero-order valence-corrected chi connectivity index (χ0v) is 7.49. The zero-order chi connectivity index (χ0) is 9.35. The maximum atomic E-state index is 12.7. The van der Waals surface area contributed by atoms with Gasteiger partial charge < -0.3 is 0 Å². The van der Waals surface area contributed by atoms with E-state index in [1.165, 1.54) is 6.07 Å². The highest BCUT2D eigenvalue weighted by Gasteiger charge is 2.25. The van der Waals surface area contributed by atoms with Crippen LogP contribution < -0.4 is 0 Å². The van der Waals surface area contributed by atoms with Crippen LogP contribution in [0.1, 0.15) is 18.2 Å². The van der Waals surface area contributed by atoms with Gasteiger partial charge >= 0.3 is 0 Å². The van der Waals surface area contributed by atoms with E-state index in [2.05, 4.69) is 4.98 Å². The Morgan fingerprint density at radius 3 is 2.50 bits per heavy atom. The number of aromatic nitrogens is 1. The van der Waals surface area contributed by atoms with E-state index in [4.69, 9.17) is 11.6 Å². The SMILES string of the molecule is Cc1ncc(C(C)(F)F)cc1Cl. The predicted molar refractivity (Wildman–Crippen MR) is 43.6 cm³/mol. The lowest BCUT2D eigenvalue weighted by molar-refractivity contribution is 0.0171. The lowest BCUT2D eigenvalue weighted by atomic mass is 10.1. The van der Waals surface area contributed by atoms with Gasteiger partial charge in [-0.2, -0.15) is 0 Å². The van der Waals surface area contributed by atoms with E-state index in [-0.39, 0.29) is 10.6 Å². The molecule has 0 unspecified atom stereocenters. The minimum absolute atomic E-state index is 0.155. The zero-order valence-electron chi connectivity index (χ0n) is 6.74. The van der Waals surface area contributed by atoms with Crippen molar-refractivity contribution < 1.29 is 8.78 Å². The maximum Gasteiger partial charge on any atom is 0.272 e. The minimum Gasteiger partial charge on any atom is -0.260 e. The van der Waals surface area contributed by atoms with Gasteiger partial charge in [-0.1, -0.05) is 11.6 Å². The molecule has 12 heavy (non-hydrogen) atoms. The van der Waals surface area contributed by atoms with Gasteiger partial charge in [0.1, 0.15) is 0 Å². The van der Waals surface area contributed by atoms with Gasteiger partial charge in [0, 0.05) is 18.7 Å². The molecule has 0 spiro atoms. The first-order valence-corrected chi connectivity index (χ1v) is 3.79. The minimum atomic E-state index is -2.87. The maximum absolute atomic E-state index is 12.7. The number of rotatable bonds is 1. The van der Waals surface area contributed by atoms with Crippen molar-refractivity contribution in [1.29, 1.82) is 0 Å². The molecule has 0 aromatic carbocycles. The van der Waals surface area contributed by atoms with Crippen molar-refractivity contribution in [3.05, 3.63) is 28.5 Å². The second-order valence-electron chi connectivity index (χ2n) is 2.68. The quantitative estimate of drug-likeness (QED) is 0.665.